The van der Waals surface area contributed by atoms with Crippen LogP contribution in [-0.4, -0.2) is 84.8 Å². The van der Waals surface area contributed by atoms with E-state index in [0.717, 1.165) is 81.3 Å². The fourth-order valence-corrected chi connectivity index (χ4v) is 5.66. The zero-order valence-electron chi connectivity index (χ0n) is 23.6. The molecular weight excluding hydrogens is 484 g/mol. The van der Waals surface area contributed by atoms with Crippen molar-refractivity contribution >= 4 is 24.2 Å². The average Bonchev–Trinajstić information content (AvgIpc) is 3.33. The number of hydrogen-bond donors (Lipinski definition) is 2. The largest absolute Gasteiger partial charge is 0.368 e. The summed E-state index contributed by atoms with van der Waals surface area (Å²) < 4.78 is 2.31. The molecule has 0 aliphatic carbocycles. The summed E-state index contributed by atoms with van der Waals surface area (Å²) in [5.41, 5.74) is 5.00. The molecule has 0 saturated carbocycles. The van der Waals surface area contributed by atoms with Crippen molar-refractivity contribution in [3.05, 3.63) is 77.1 Å². The Bertz CT molecular complexity index is 1290. The Hall–Kier alpha value is -3.33. The van der Waals surface area contributed by atoms with E-state index in [1.165, 1.54) is 11.1 Å². The van der Waals surface area contributed by atoms with Gasteiger partial charge in [-0.15, -0.1) is 0 Å². The summed E-state index contributed by atoms with van der Waals surface area (Å²) in [7, 11) is 4.31. The lowest BCUT2D eigenvalue weighted by Gasteiger charge is -2.34. The van der Waals surface area contributed by atoms with E-state index in [1.54, 1.807) is 0 Å². The number of aliphatic imine (C=N–C) groups is 2. The molecular formula is C31H42N8. The molecule has 0 bridgehead atoms. The van der Waals surface area contributed by atoms with Crippen molar-refractivity contribution in [3.8, 4) is 0 Å². The zero-order chi connectivity index (χ0) is 27.2. The Morgan fingerprint density at radius 3 is 2.74 bits per heavy atom. The van der Waals surface area contributed by atoms with Crippen LogP contribution in [0.2, 0.25) is 0 Å². The highest BCUT2D eigenvalue weighted by atomic mass is 15.2. The Morgan fingerprint density at radius 1 is 1.18 bits per heavy atom. The fourth-order valence-electron chi connectivity index (χ4n) is 5.66. The van der Waals surface area contributed by atoms with Gasteiger partial charge in [0, 0.05) is 56.2 Å². The zero-order valence-corrected chi connectivity index (χ0v) is 23.6. The van der Waals surface area contributed by atoms with Crippen molar-refractivity contribution in [2.45, 2.75) is 44.8 Å². The van der Waals surface area contributed by atoms with Crippen LogP contribution >= 0.6 is 0 Å². The maximum Gasteiger partial charge on any atom is 0.161 e. The van der Waals surface area contributed by atoms with Gasteiger partial charge in [0.1, 0.15) is 11.6 Å². The number of hydrogen-bond acceptors (Lipinski definition) is 6. The second-order valence-electron chi connectivity index (χ2n) is 11.0. The van der Waals surface area contributed by atoms with Crippen LogP contribution in [0.1, 0.15) is 41.1 Å². The van der Waals surface area contributed by atoms with Crippen LogP contribution in [0.25, 0.3) is 0 Å². The molecule has 4 heterocycles. The van der Waals surface area contributed by atoms with Gasteiger partial charge in [-0.25, -0.2) is 15.0 Å². The van der Waals surface area contributed by atoms with Gasteiger partial charge in [-0.1, -0.05) is 24.3 Å². The monoisotopic (exact) mass is 526 g/mol. The van der Waals surface area contributed by atoms with Gasteiger partial charge >= 0.3 is 0 Å². The predicted molar refractivity (Wildman–Crippen MR) is 162 cm³/mol. The predicted octanol–water partition coefficient (Wildman–Crippen LogP) is 4.30. The Morgan fingerprint density at radius 2 is 1.97 bits per heavy atom. The van der Waals surface area contributed by atoms with Crippen LogP contribution in [0.3, 0.4) is 0 Å². The van der Waals surface area contributed by atoms with Gasteiger partial charge in [-0.3, -0.25) is 4.90 Å². The first kappa shape index (κ1) is 27.2. The minimum absolute atomic E-state index is 0.349. The van der Waals surface area contributed by atoms with E-state index in [4.69, 9.17) is 4.99 Å². The number of pyridine rings is 1. The number of fused-ring (bicyclic) bond motifs is 1. The molecule has 0 amide bonds. The van der Waals surface area contributed by atoms with Crippen molar-refractivity contribution < 1.29 is 0 Å². The molecule has 8 heteroatoms. The van der Waals surface area contributed by atoms with Gasteiger partial charge in [0.05, 0.1) is 0 Å². The lowest BCUT2D eigenvalue weighted by atomic mass is 9.99. The van der Waals surface area contributed by atoms with E-state index in [9.17, 15) is 0 Å². The molecule has 1 fully saturated rings. The topological polar surface area (TPSA) is 73.1 Å². The summed E-state index contributed by atoms with van der Waals surface area (Å²) in [4.78, 5) is 18.8. The van der Waals surface area contributed by atoms with E-state index in [2.05, 4.69) is 99.2 Å². The van der Waals surface area contributed by atoms with Crippen LogP contribution in [-0.2, 0) is 13.0 Å². The van der Waals surface area contributed by atoms with Gasteiger partial charge < -0.3 is 20.1 Å². The maximum absolute atomic E-state index is 5.00. The fraction of sp³-hybridized carbons (Fsp3) is 0.452. The van der Waals surface area contributed by atoms with Crippen LogP contribution in [0.5, 0.6) is 0 Å². The number of nitrogens with one attached hydrogen (secondary N) is 2. The standard InChI is InChI=1S/C31H42N8/c1-23-12-18-39(27-10-14-33-15-11-27)31(23)36-30(32-2)25-9-16-34-29(19-25)35-20-28(37(3)4)22-38-17-13-24-7-5-6-8-26(24)21-38/h5-9,12,16,18-19,27-28,33H,2,10-11,13-15,17,20-22H2,1,3-4H3,(H,34,35). The van der Waals surface area contributed by atoms with E-state index in [0.29, 0.717) is 17.9 Å². The van der Waals surface area contributed by atoms with Gasteiger partial charge in [0.25, 0.3) is 0 Å². The number of aromatic nitrogens is 2. The second kappa shape index (κ2) is 12.7. The smallest absolute Gasteiger partial charge is 0.161 e. The van der Waals surface area contributed by atoms with Gasteiger partial charge in [0.15, 0.2) is 5.84 Å². The molecule has 206 valence electrons. The molecule has 0 radical (unpaired) electrons. The summed E-state index contributed by atoms with van der Waals surface area (Å²) in [5.74, 6) is 2.41. The Labute approximate surface area is 232 Å². The van der Waals surface area contributed by atoms with Gasteiger partial charge in [-0.2, -0.15) is 0 Å². The number of anilines is 1. The normalized spacial score (nSPS) is 17.7. The van der Waals surface area contributed by atoms with E-state index in [1.807, 2.05) is 18.3 Å². The molecule has 39 heavy (non-hydrogen) atoms. The van der Waals surface area contributed by atoms with Crippen molar-refractivity contribution in [1.29, 1.82) is 0 Å². The lowest BCUT2D eigenvalue weighted by Crippen LogP contribution is -2.45. The minimum atomic E-state index is 0.349. The SMILES string of the molecule is C=NC(=Nc1c(C)ccn1C1CCNCC1)c1ccnc(NCC(CN2CCc3ccccc3C2)N(C)C)c1. The summed E-state index contributed by atoms with van der Waals surface area (Å²) in [5, 5.41) is 7.03. The van der Waals surface area contributed by atoms with Crippen molar-refractivity contribution in [2.24, 2.45) is 9.98 Å². The molecule has 1 aromatic carbocycles. The number of aryl methyl sites for hydroxylation is 1. The summed E-state index contributed by atoms with van der Waals surface area (Å²) in [6.07, 6.45) is 7.31. The van der Waals surface area contributed by atoms with Crippen LogP contribution in [0.4, 0.5) is 11.6 Å². The molecule has 8 nitrogen and oxygen atoms in total. The van der Waals surface area contributed by atoms with E-state index >= 15 is 0 Å². The molecule has 3 aromatic rings. The molecule has 1 unspecified atom stereocenters. The Balaban J connectivity index is 1.27. The van der Waals surface area contributed by atoms with Crippen molar-refractivity contribution in [2.75, 3.05) is 52.1 Å². The second-order valence-corrected chi connectivity index (χ2v) is 11.0. The van der Waals surface area contributed by atoms with Crippen LogP contribution in [0.15, 0.2) is 64.8 Å². The third kappa shape index (κ3) is 6.64. The number of rotatable bonds is 9. The minimum Gasteiger partial charge on any atom is -0.368 e. The third-order valence-electron chi connectivity index (χ3n) is 8.09. The third-order valence-corrected chi connectivity index (χ3v) is 8.09. The highest BCUT2D eigenvalue weighted by Gasteiger charge is 2.22. The molecule has 5 rings (SSSR count). The number of amidine groups is 1. The molecule has 2 aliphatic rings. The first-order valence-electron chi connectivity index (χ1n) is 14.1. The quantitative estimate of drug-likeness (QED) is 0.321. The number of likely N-dealkylation sites (N-methyl/N-ethyl adjacent to an activating group) is 1. The first-order chi connectivity index (χ1) is 19.0. The molecule has 2 N–H and O–H groups in total. The van der Waals surface area contributed by atoms with Crippen molar-refractivity contribution in [3.63, 3.8) is 0 Å². The highest BCUT2D eigenvalue weighted by Crippen LogP contribution is 2.30. The van der Waals surface area contributed by atoms with Crippen LogP contribution < -0.4 is 10.6 Å². The lowest BCUT2D eigenvalue weighted by molar-refractivity contribution is 0.177. The van der Waals surface area contributed by atoms with Gasteiger partial charge in [-0.05, 0) is 95.0 Å². The number of benzene rings is 1. The average molecular weight is 527 g/mol. The molecule has 0 spiro atoms. The summed E-state index contributed by atoms with van der Waals surface area (Å²) in [6, 6.07) is 15.8. The Kier molecular flexibility index (Phi) is 8.86. The van der Waals surface area contributed by atoms with E-state index < -0.39 is 0 Å². The van der Waals surface area contributed by atoms with Crippen molar-refractivity contribution in [1.82, 2.24) is 24.7 Å². The molecule has 1 atom stereocenters. The van der Waals surface area contributed by atoms with Gasteiger partial charge in [0.2, 0.25) is 0 Å². The first-order valence-corrected chi connectivity index (χ1v) is 14.1. The number of piperidine rings is 1. The summed E-state index contributed by atoms with van der Waals surface area (Å²) in [6.45, 7) is 11.9. The summed E-state index contributed by atoms with van der Waals surface area (Å²) >= 11 is 0. The molecule has 2 aliphatic heterocycles. The maximum atomic E-state index is 5.00. The molecule has 1 saturated heterocycles. The number of nitrogens with zero attached hydrogens (tertiary/aromatic N) is 6. The molecule has 2 aromatic heterocycles. The van der Waals surface area contributed by atoms with E-state index in [-0.39, 0.29) is 0 Å². The van der Waals surface area contributed by atoms with Crippen LogP contribution in [0, 0.1) is 6.92 Å². The highest BCUT2D eigenvalue weighted by molar-refractivity contribution is 6.03.